The lowest BCUT2D eigenvalue weighted by Crippen LogP contribution is -2.50. The monoisotopic (exact) mass is 469 g/mol. The third-order valence-electron chi connectivity index (χ3n) is 6.44. The van der Waals surface area contributed by atoms with Gasteiger partial charge in [-0.3, -0.25) is 14.7 Å². The first-order chi connectivity index (χ1) is 17.1. The summed E-state index contributed by atoms with van der Waals surface area (Å²) in [5.41, 5.74) is 4.46. The Morgan fingerprint density at radius 3 is 2.20 bits per heavy atom. The lowest BCUT2D eigenvalue weighted by Gasteiger charge is -2.35. The molecule has 1 atom stereocenters. The molecule has 7 heteroatoms. The Bertz CT molecular complexity index is 1250. The molecule has 178 valence electrons. The van der Waals surface area contributed by atoms with Crippen LogP contribution < -0.4 is 10.2 Å². The van der Waals surface area contributed by atoms with Crippen molar-refractivity contribution in [2.45, 2.75) is 12.8 Å². The minimum absolute atomic E-state index is 0.0907. The van der Waals surface area contributed by atoms with E-state index in [1.165, 1.54) is 12.1 Å². The number of hydrogen-bond acceptors (Lipinski definition) is 5. The zero-order valence-electron chi connectivity index (χ0n) is 19.7. The fourth-order valence-corrected chi connectivity index (χ4v) is 4.65. The van der Waals surface area contributed by atoms with Crippen molar-refractivity contribution in [2.24, 2.45) is 9.98 Å². The van der Waals surface area contributed by atoms with E-state index in [4.69, 9.17) is 9.98 Å². The van der Waals surface area contributed by atoms with Crippen LogP contribution in [0.5, 0.6) is 0 Å². The van der Waals surface area contributed by atoms with Gasteiger partial charge in [0.15, 0.2) is 0 Å². The number of hydrogen-bond donors (Lipinski definition) is 1. The largest absolute Gasteiger partial charge is 0.369 e. The Balaban J connectivity index is 1.29. The number of carbonyl (C=O) groups excluding carboxylic acids is 1. The molecule has 3 aromatic rings. The molecule has 6 nitrogen and oxygen atoms in total. The van der Waals surface area contributed by atoms with Crippen molar-refractivity contribution in [1.82, 2.24) is 10.2 Å². The molecule has 0 aromatic heterocycles. The Morgan fingerprint density at radius 2 is 1.51 bits per heavy atom. The molecule has 2 heterocycles. The topological polar surface area (TPSA) is 60.3 Å². The standard InChI is InChI=1S/C28H28FN5O/c1-20-27(21-7-3-2-4-8-21)28(31-25-10-6-5-9-24(25)30-20)32-26(35)19-33-15-17-34(18-16-33)23-13-11-22(29)12-14-23/h2-14,27H,15-19H2,1H3,(H,31,32,35)/t27-/m1/s1. The lowest BCUT2D eigenvalue weighted by molar-refractivity contribution is -0.120. The Morgan fingerprint density at radius 1 is 0.886 bits per heavy atom. The number of fused-ring (bicyclic) bond motifs is 1. The van der Waals surface area contributed by atoms with Crippen molar-refractivity contribution in [3.05, 3.63) is 90.2 Å². The predicted molar refractivity (Wildman–Crippen MR) is 139 cm³/mol. The average Bonchev–Trinajstić information content (AvgIpc) is 3.00. The van der Waals surface area contributed by atoms with Gasteiger partial charge in [0.1, 0.15) is 11.7 Å². The van der Waals surface area contributed by atoms with Gasteiger partial charge >= 0.3 is 0 Å². The molecule has 2 aliphatic heterocycles. The third-order valence-corrected chi connectivity index (χ3v) is 6.44. The molecule has 0 saturated carbocycles. The normalized spacial score (nSPS) is 18.2. The minimum Gasteiger partial charge on any atom is -0.369 e. The second-order valence-electron chi connectivity index (χ2n) is 8.87. The summed E-state index contributed by atoms with van der Waals surface area (Å²) in [5.74, 6) is 0.0366. The van der Waals surface area contributed by atoms with Crippen molar-refractivity contribution in [3.8, 4) is 0 Å². The molecule has 1 N–H and O–H groups in total. The zero-order chi connectivity index (χ0) is 24.2. The number of nitrogens with zero attached hydrogens (tertiary/aromatic N) is 4. The van der Waals surface area contributed by atoms with Gasteiger partial charge in [-0.15, -0.1) is 0 Å². The summed E-state index contributed by atoms with van der Waals surface area (Å²) in [7, 11) is 0. The molecular formula is C28H28FN5O. The van der Waals surface area contributed by atoms with E-state index in [-0.39, 0.29) is 24.2 Å². The molecule has 0 radical (unpaired) electrons. The highest BCUT2D eigenvalue weighted by Gasteiger charge is 2.27. The van der Waals surface area contributed by atoms with Crippen LogP contribution in [0.25, 0.3) is 0 Å². The van der Waals surface area contributed by atoms with E-state index in [1.54, 1.807) is 12.1 Å². The molecular weight excluding hydrogens is 441 g/mol. The maximum atomic E-state index is 13.2. The maximum Gasteiger partial charge on any atom is 0.239 e. The molecule has 1 saturated heterocycles. The highest BCUT2D eigenvalue weighted by atomic mass is 19.1. The molecule has 5 rings (SSSR count). The summed E-state index contributed by atoms with van der Waals surface area (Å²) in [6.45, 7) is 5.34. The zero-order valence-corrected chi connectivity index (χ0v) is 19.7. The fourth-order valence-electron chi connectivity index (χ4n) is 4.65. The Labute approximate surface area is 204 Å². The van der Waals surface area contributed by atoms with Gasteiger partial charge in [-0.1, -0.05) is 42.5 Å². The van der Waals surface area contributed by atoms with E-state index in [0.717, 1.165) is 54.5 Å². The minimum atomic E-state index is -0.234. The Kier molecular flexibility index (Phi) is 6.68. The maximum absolute atomic E-state index is 13.2. The summed E-state index contributed by atoms with van der Waals surface area (Å²) in [5, 5.41) is 3.11. The van der Waals surface area contributed by atoms with Crippen LogP contribution in [0.3, 0.4) is 0 Å². The summed E-state index contributed by atoms with van der Waals surface area (Å²) >= 11 is 0. The number of benzene rings is 3. The van der Waals surface area contributed by atoms with Gasteiger partial charge in [-0.05, 0) is 48.9 Å². The van der Waals surface area contributed by atoms with Gasteiger partial charge in [0.25, 0.3) is 0 Å². The molecule has 1 amide bonds. The molecule has 0 aliphatic carbocycles. The summed E-state index contributed by atoms with van der Waals surface area (Å²) in [6.07, 6.45) is 0. The number of amides is 1. The molecule has 1 fully saturated rings. The number of para-hydroxylation sites is 2. The summed E-state index contributed by atoms with van der Waals surface area (Å²) in [4.78, 5) is 27.2. The van der Waals surface area contributed by atoms with Crippen LogP contribution in [0.4, 0.5) is 21.5 Å². The van der Waals surface area contributed by atoms with Crippen LogP contribution in [-0.2, 0) is 4.79 Å². The highest BCUT2D eigenvalue weighted by molar-refractivity contribution is 6.17. The average molecular weight is 470 g/mol. The van der Waals surface area contributed by atoms with Gasteiger partial charge in [-0.25, -0.2) is 9.38 Å². The van der Waals surface area contributed by atoms with Crippen molar-refractivity contribution in [2.75, 3.05) is 37.6 Å². The molecule has 0 bridgehead atoms. The molecule has 0 unspecified atom stereocenters. The number of nitrogens with one attached hydrogen (secondary N) is 1. The van der Waals surface area contributed by atoms with E-state index in [0.29, 0.717) is 5.84 Å². The SMILES string of the molecule is CC1=Nc2ccccc2N=C(NC(=O)CN2CCN(c3ccc(F)cc3)CC2)[C@H]1c1ccccc1. The molecule has 0 spiro atoms. The van der Waals surface area contributed by atoms with Gasteiger partial charge in [0.05, 0.1) is 23.8 Å². The molecule has 3 aromatic carbocycles. The Hall–Kier alpha value is -3.84. The van der Waals surface area contributed by atoms with E-state index >= 15 is 0 Å². The summed E-state index contributed by atoms with van der Waals surface area (Å²) in [6, 6.07) is 24.3. The second-order valence-corrected chi connectivity index (χ2v) is 8.87. The summed E-state index contributed by atoms with van der Waals surface area (Å²) < 4.78 is 13.2. The quantitative estimate of drug-likeness (QED) is 0.603. The van der Waals surface area contributed by atoms with Gasteiger partial charge < -0.3 is 10.2 Å². The van der Waals surface area contributed by atoms with Gasteiger partial charge in [-0.2, -0.15) is 0 Å². The van der Waals surface area contributed by atoms with Crippen molar-refractivity contribution in [1.29, 1.82) is 0 Å². The number of piperazine rings is 1. The van der Waals surface area contributed by atoms with Crippen molar-refractivity contribution < 1.29 is 9.18 Å². The van der Waals surface area contributed by atoms with Crippen molar-refractivity contribution >= 4 is 34.5 Å². The third kappa shape index (κ3) is 5.30. The number of carbonyl (C=O) groups is 1. The van der Waals surface area contributed by atoms with Crippen molar-refractivity contribution in [3.63, 3.8) is 0 Å². The van der Waals surface area contributed by atoms with Crippen LogP contribution in [0.1, 0.15) is 18.4 Å². The smallest absolute Gasteiger partial charge is 0.239 e. The van der Waals surface area contributed by atoms with E-state index < -0.39 is 0 Å². The highest BCUT2D eigenvalue weighted by Crippen LogP contribution is 2.34. The van der Waals surface area contributed by atoms with E-state index in [9.17, 15) is 9.18 Å². The van der Waals surface area contributed by atoms with Gasteiger partial charge in [0.2, 0.25) is 5.91 Å². The first-order valence-corrected chi connectivity index (χ1v) is 11.9. The first kappa shape index (κ1) is 22.9. The van der Waals surface area contributed by atoms with Crippen LogP contribution in [0.2, 0.25) is 0 Å². The molecule has 2 aliphatic rings. The number of rotatable bonds is 4. The number of anilines is 1. The van der Waals surface area contributed by atoms with Gasteiger partial charge in [0, 0.05) is 37.6 Å². The number of halogens is 1. The predicted octanol–water partition coefficient (Wildman–Crippen LogP) is 4.68. The van der Waals surface area contributed by atoms with E-state index in [2.05, 4.69) is 15.1 Å². The second kappa shape index (κ2) is 10.2. The van der Waals surface area contributed by atoms with Crippen LogP contribution in [0.15, 0.2) is 88.8 Å². The number of aliphatic imine (C=N–C) groups is 2. The fraction of sp³-hybridized carbons (Fsp3) is 0.250. The first-order valence-electron chi connectivity index (χ1n) is 11.9. The lowest BCUT2D eigenvalue weighted by atomic mass is 9.93. The van der Waals surface area contributed by atoms with Crippen LogP contribution >= 0.6 is 0 Å². The number of amidine groups is 1. The van der Waals surface area contributed by atoms with Crippen LogP contribution in [0, 0.1) is 5.82 Å². The van der Waals surface area contributed by atoms with Crippen LogP contribution in [-0.4, -0.2) is 55.1 Å². The van der Waals surface area contributed by atoms with E-state index in [1.807, 2.05) is 61.5 Å². The molecule has 35 heavy (non-hydrogen) atoms.